The minimum absolute atomic E-state index is 0.0969. The van der Waals surface area contributed by atoms with Crippen molar-refractivity contribution in [2.24, 2.45) is 0 Å². The van der Waals surface area contributed by atoms with Crippen molar-refractivity contribution < 1.29 is 4.79 Å². The fourth-order valence-corrected chi connectivity index (χ4v) is 2.99. The molecule has 1 amide bonds. The highest BCUT2D eigenvalue weighted by Crippen LogP contribution is 2.14. The Hall–Kier alpha value is -2.53. The van der Waals surface area contributed by atoms with Crippen LogP contribution in [-0.4, -0.2) is 44.9 Å². The third-order valence-corrected chi connectivity index (χ3v) is 4.46. The molecule has 0 unspecified atom stereocenters. The van der Waals surface area contributed by atoms with Crippen LogP contribution in [0.5, 0.6) is 0 Å². The summed E-state index contributed by atoms with van der Waals surface area (Å²) in [4.78, 5) is 25.4. The zero-order chi connectivity index (χ0) is 17.4. The van der Waals surface area contributed by atoms with E-state index >= 15 is 0 Å². The number of amides is 1. The molecule has 1 aromatic carbocycles. The third-order valence-electron chi connectivity index (χ3n) is 3.50. The minimum Gasteiger partial charge on any atom is -0.344 e. The number of aromatic amines is 1. The van der Waals surface area contributed by atoms with Crippen LogP contribution in [-0.2, 0) is 17.8 Å². The number of aromatic nitrogens is 3. The van der Waals surface area contributed by atoms with Gasteiger partial charge in [0.25, 0.3) is 0 Å². The Balaban J connectivity index is 1.93. The summed E-state index contributed by atoms with van der Waals surface area (Å²) in [6.07, 6.45) is 1.01. The molecule has 126 valence electrons. The lowest BCUT2D eigenvalue weighted by Gasteiger charge is -2.14. The number of hydrogen-bond acceptors (Lipinski definition) is 5. The maximum Gasteiger partial charge on any atom is 0.343 e. The van der Waals surface area contributed by atoms with E-state index < -0.39 is 0 Å². The van der Waals surface area contributed by atoms with Crippen molar-refractivity contribution in [1.29, 1.82) is 5.26 Å². The predicted molar refractivity (Wildman–Crippen MR) is 91.6 cm³/mol. The number of nitrogens with one attached hydrogen (secondary N) is 1. The molecule has 8 heteroatoms. The number of rotatable bonds is 8. The SMILES string of the molecule is CN(CCC#N)C(=O)CSc1n[nH]c(=O)n1CCc1ccccc1. The van der Waals surface area contributed by atoms with Gasteiger partial charge in [-0.15, -0.1) is 5.10 Å². The highest BCUT2D eigenvalue weighted by molar-refractivity contribution is 7.99. The summed E-state index contributed by atoms with van der Waals surface area (Å²) < 4.78 is 1.54. The van der Waals surface area contributed by atoms with Crippen molar-refractivity contribution in [3.05, 3.63) is 46.4 Å². The Morgan fingerprint density at radius 3 is 2.88 bits per heavy atom. The number of benzene rings is 1. The lowest BCUT2D eigenvalue weighted by atomic mass is 10.1. The van der Waals surface area contributed by atoms with Gasteiger partial charge in [-0.25, -0.2) is 9.89 Å². The molecule has 0 aliphatic heterocycles. The molecule has 0 radical (unpaired) electrons. The van der Waals surface area contributed by atoms with Crippen LogP contribution in [0.2, 0.25) is 0 Å². The van der Waals surface area contributed by atoms with E-state index in [1.165, 1.54) is 16.7 Å². The van der Waals surface area contributed by atoms with Gasteiger partial charge in [-0.1, -0.05) is 42.1 Å². The molecular formula is C16H19N5O2S. The van der Waals surface area contributed by atoms with Gasteiger partial charge in [0.1, 0.15) is 0 Å². The van der Waals surface area contributed by atoms with E-state index in [9.17, 15) is 9.59 Å². The number of H-pyrrole nitrogens is 1. The standard InChI is InChI=1S/C16H19N5O2S/c1-20(10-5-9-17)14(22)12-24-16-19-18-15(23)21(16)11-8-13-6-3-2-4-7-13/h2-4,6-7H,5,8,10-12H2,1H3,(H,18,23). The van der Waals surface area contributed by atoms with Crippen molar-refractivity contribution in [3.63, 3.8) is 0 Å². The van der Waals surface area contributed by atoms with E-state index in [2.05, 4.69) is 10.2 Å². The monoisotopic (exact) mass is 345 g/mol. The van der Waals surface area contributed by atoms with Crippen LogP contribution in [0.25, 0.3) is 0 Å². The summed E-state index contributed by atoms with van der Waals surface area (Å²) in [6.45, 7) is 0.900. The predicted octanol–water partition coefficient (Wildman–Crippen LogP) is 1.28. The van der Waals surface area contributed by atoms with Crippen LogP contribution in [0.15, 0.2) is 40.3 Å². The maximum absolute atomic E-state index is 12.0. The van der Waals surface area contributed by atoms with Gasteiger partial charge in [0, 0.05) is 20.1 Å². The number of hydrogen-bond donors (Lipinski definition) is 1. The molecule has 24 heavy (non-hydrogen) atoms. The van der Waals surface area contributed by atoms with Gasteiger partial charge in [0.2, 0.25) is 5.91 Å². The first kappa shape index (κ1) is 17.8. The van der Waals surface area contributed by atoms with Gasteiger partial charge in [0.15, 0.2) is 5.16 Å². The quantitative estimate of drug-likeness (QED) is 0.727. The van der Waals surface area contributed by atoms with Crippen molar-refractivity contribution in [2.75, 3.05) is 19.3 Å². The number of aryl methyl sites for hydroxylation is 1. The van der Waals surface area contributed by atoms with E-state index in [0.29, 0.717) is 31.1 Å². The molecule has 0 spiro atoms. The molecule has 2 aromatic rings. The first-order valence-electron chi connectivity index (χ1n) is 7.54. The maximum atomic E-state index is 12.0. The van der Waals surface area contributed by atoms with Gasteiger partial charge in [0.05, 0.1) is 18.2 Å². The molecule has 0 atom stereocenters. The first-order valence-corrected chi connectivity index (χ1v) is 8.53. The zero-order valence-electron chi connectivity index (χ0n) is 13.4. The molecule has 1 N–H and O–H groups in total. The molecule has 0 aliphatic carbocycles. The Morgan fingerprint density at radius 1 is 1.42 bits per heavy atom. The molecule has 0 saturated carbocycles. The van der Waals surface area contributed by atoms with Gasteiger partial charge in [-0.3, -0.25) is 9.36 Å². The Morgan fingerprint density at radius 2 is 2.17 bits per heavy atom. The summed E-state index contributed by atoms with van der Waals surface area (Å²) in [5, 5.41) is 15.5. The fourth-order valence-electron chi connectivity index (χ4n) is 2.08. The lowest BCUT2D eigenvalue weighted by molar-refractivity contribution is -0.127. The molecule has 0 aliphatic rings. The number of nitriles is 1. The largest absolute Gasteiger partial charge is 0.344 e. The summed E-state index contributed by atoms with van der Waals surface area (Å²) in [5.41, 5.74) is 0.854. The number of thioether (sulfide) groups is 1. The van der Waals surface area contributed by atoms with E-state index in [1.54, 1.807) is 11.6 Å². The normalized spacial score (nSPS) is 10.3. The average Bonchev–Trinajstić information content (AvgIpc) is 2.96. The van der Waals surface area contributed by atoms with Crippen molar-refractivity contribution in [3.8, 4) is 6.07 Å². The number of carbonyl (C=O) groups excluding carboxylic acids is 1. The summed E-state index contributed by atoms with van der Waals surface area (Å²) in [7, 11) is 1.66. The topological polar surface area (TPSA) is 94.8 Å². The van der Waals surface area contributed by atoms with Gasteiger partial charge < -0.3 is 4.90 Å². The van der Waals surface area contributed by atoms with Crippen molar-refractivity contribution in [1.82, 2.24) is 19.7 Å². The average molecular weight is 345 g/mol. The second kappa shape index (κ2) is 8.93. The van der Waals surface area contributed by atoms with Crippen molar-refractivity contribution >= 4 is 17.7 Å². The van der Waals surface area contributed by atoms with Crippen LogP contribution in [0, 0.1) is 11.3 Å². The number of carbonyl (C=O) groups is 1. The molecule has 7 nitrogen and oxygen atoms in total. The van der Waals surface area contributed by atoms with Crippen LogP contribution in [0.4, 0.5) is 0 Å². The second-order valence-corrected chi connectivity index (χ2v) is 6.15. The minimum atomic E-state index is -0.279. The number of nitrogens with zero attached hydrogens (tertiary/aromatic N) is 4. The highest BCUT2D eigenvalue weighted by Gasteiger charge is 2.13. The summed E-state index contributed by atoms with van der Waals surface area (Å²) in [6, 6.07) is 11.9. The van der Waals surface area contributed by atoms with Gasteiger partial charge in [-0.05, 0) is 12.0 Å². The van der Waals surface area contributed by atoms with Crippen LogP contribution >= 0.6 is 11.8 Å². The van der Waals surface area contributed by atoms with Crippen LogP contribution in [0.3, 0.4) is 0 Å². The van der Waals surface area contributed by atoms with Gasteiger partial charge in [-0.2, -0.15) is 5.26 Å². The molecule has 1 heterocycles. The molecule has 0 bridgehead atoms. The molecule has 2 rings (SSSR count). The Kier molecular flexibility index (Phi) is 6.63. The third kappa shape index (κ3) is 4.99. The van der Waals surface area contributed by atoms with E-state index in [-0.39, 0.29) is 17.3 Å². The molecular weight excluding hydrogens is 326 g/mol. The summed E-state index contributed by atoms with van der Waals surface area (Å²) in [5.74, 6) is 0.0812. The summed E-state index contributed by atoms with van der Waals surface area (Å²) >= 11 is 1.22. The van der Waals surface area contributed by atoms with Crippen LogP contribution in [0.1, 0.15) is 12.0 Å². The highest BCUT2D eigenvalue weighted by atomic mass is 32.2. The molecule has 1 aromatic heterocycles. The van der Waals surface area contributed by atoms with Gasteiger partial charge >= 0.3 is 5.69 Å². The Bertz CT molecular complexity index is 763. The fraction of sp³-hybridized carbons (Fsp3) is 0.375. The lowest BCUT2D eigenvalue weighted by Crippen LogP contribution is -2.29. The molecule has 0 fully saturated rings. The van der Waals surface area contributed by atoms with Crippen molar-refractivity contribution in [2.45, 2.75) is 24.5 Å². The van der Waals surface area contributed by atoms with E-state index in [1.807, 2.05) is 36.4 Å². The first-order chi connectivity index (χ1) is 11.6. The second-order valence-electron chi connectivity index (χ2n) is 5.21. The van der Waals surface area contributed by atoms with E-state index in [4.69, 9.17) is 5.26 Å². The molecule has 0 saturated heterocycles. The van der Waals surface area contributed by atoms with Crippen LogP contribution < -0.4 is 5.69 Å². The zero-order valence-corrected chi connectivity index (χ0v) is 14.3. The smallest absolute Gasteiger partial charge is 0.343 e. The Labute approximate surface area is 144 Å². The van der Waals surface area contributed by atoms with E-state index in [0.717, 1.165) is 5.56 Å².